The fourth-order valence-corrected chi connectivity index (χ4v) is 5.11. The second-order valence-electron chi connectivity index (χ2n) is 7.09. The molecule has 1 amide bonds. The molecule has 0 atom stereocenters. The van der Waals surface area contributed by atoms with Crippen molar-refractivity contribution in [2.45, 2.75) is 24.7 Å². The predicted octanol–water partition coefficient (Wildman–Crippen LogP) is 3.35. The van der Waals surface area contributed by atoms with Crippen molar-refractivity contribution in [3.05, 3.63) is 58.6 Å². The van der Waals surface area contributed by atoms with Crippen molar-refractivity contribution < 1.29 is 17.9 Å². The number of hydrogen-bond acceptors (Lipinski definition) is 4. The molecule has 8 heteroatoms. The number of carbonyl (C=O) groups excluding carboxylic acids is 1. The number of halogens is 1. The van der Waals surface area contributed by atoms with Crippen LogP contribution < -0.4 is 10.1 Å². The minimum Gasteiger partial charge on any atom is -0.492 e. The third kappa shape index (κ3) is 5.81. The van der Waals surface area contributed by atoms with E-state index in [4.69, 9.17) is 4.74 Å². The molecular weight excluding hydrogens is 456 g/mol. The molecule has 1 saturated heterocycles. The molecule has 0 spiro atoms. The Balaban J connectivity index is 1.44. The van der Waals surface area contributed by atoms with Crippen LogP contribution in [0.5, 0.6) is 5.75 Å². The highest BCUT2D eigenvalue weighted by Gasteiger charge is 2.31. The van der Waals surface area contributed by atoms with E-state index in [-0.39, 0.29) is 11.8 Å². The van der Waals surface area contributed by atoms with Crippen LogP contribution in [0, 0.1) is 12.8 Å². The van der Waals surface area contributed by atoms with Gasteiger partial charge in [-0.05, 0) is 50.1 Å². The lowest BCUT2D eigenvalue weighted by Gasteiger charge is -2.30. The molecule has 1 heterocycles. The Morgan fingerprint density at radius 3 is 2.52 bits per heavy atom. The Morgan fingerprint density at radius 2 is 1.86 bits per heavy atom. The lowest BCUT2D eigenvalue weighted by molar-refractivity contribution is -0.126. The van der Waals surface area contributed by atoms with Crippen LogP contribution in [0.2, 0.25) is 0 Å². The lowest BCUT2D eigenvalue weighted by Crippen LogP contribution is -2.43. The van der Waals surface area contributed by atoms with Crippen molar-refractivity contribution in [2.24, 2.45) is 5.92 Å². The Labute approximate surface area is 180 Å². The van der Waals surface area contributed by atoms with Gasteiger partial charge in [-0.15, -0.1) is 0 Å². The number of nitrogens with zero attached hydrogens (tertiary/aromatic N) is 1. The number of hydrogen-bond donors (Lipinski definition) is 1. The zero-order valence-corrected chi connectivity index (χ0v) is 18.7. The van der Waals surface area contributed by atoms with Gasteiger partial charge in [0.05, 0.1) is 11.4 Å². The Bertz CT molecular complexity index is 939. The van der Waals surface area contributed by atoms with Gasteiger partial charge in [-0.2, -0.15) is 4.31 Å². The van der Waals surface area contributed by atoms with Gasteiger partial charge in [0.15, 0.2) is 0 Å². The van der Waals surface area contributed by atoms with Crippen molar-refractivity contribution in [1.29, 1.82) is 0 Å². The lowest BCUT2D eigenvalue weighted by atomic mass is 9.97. The van der Waals surface area contributed by atoms with Crippen LogP contribution in [-0.4, -0.2) is 44.9 Å². The third-order valence-corrected chi connectivity index (χ3v) is 7.36. The molecule has 3 rings (SSSR count). The van der Waals surface area contributed by atoms with E-state index in [1.807, 2.05) is 31.2 Å². The maximum atomic E-state index is 12.8. The van der Waals surface area contributed by atoms with Gasteiger partial charge in [-0.1, -0.05) is 39.7 Å². The normalized spacial score (nSPS) is 15.8. The standard InChI is InChI=1S/C21H25BrN2O4S/c1-16-5-7-20(8-6-16)29(26,27)24-12-9-17(10-13-24)21(25)23-11-14-28-19-4-2-3-18(22)15-19/h2-8,15,17H,9-14H2,1H3,(H,23,25). The predicted molar refractivity (Wildman–Crippen MR) is 115 cm³/mol. The van der Waals surface area contributed by atoms with Gasteiger partial charge in [0.1, 0.15) is 12.4 Å². The number of aryl methyl sites for hydroxylation is 1. The summed E-state index contributed by atoms with van der Waals surface area (Å²) in [4.78, 5) is 12.7. The number of benzene rings is 2. The van der Waals surface area contributed by atoms with Crippen molar-refractivity contribution in [3.8, 4) is 5.75 Å². The average molecular weight is 481 g/mol. The highest BCUT2D eigenvalue weighted by atomic mass is 79.9. The largest absolute Gasteiger partial charge is 0.492 e. The zero-order valence-electron chi connectivity index (χ0n) is 16.3. The summed E-state index contributed by atoms with van der Waals surface area (Å²) in [5.41, 5.74) is 1.02. The van der Waals surface area contributed by atoms with E-state index in [9.17, 15) is 13.2 Å². The molecule has 6 nitrogen and oxygen atoms in total. The van der Waals surface area contributed by atoms with E-state index in [0.29, 0.717) is 44.0 Å². The van der Waals surface area contributed by atoms with Crippen molar-refractivity contribution in [1.82, 2.24) is 9.62 Å². The first kappa shape index (κ1) is 21.8. The SMILES string of the molecule is Cc1ccc(S(=O)(=O)N2CCC(C(=O)NCCOc3cccc(Br)c3)CC2)cc1. The van der Waals surface area contributed by atoms with Gasteiger partial charge in [0.2, 0.25) is 15.9 Å². The van der Waals surface area contributed by atoms with E-state index in [1.54, 1.807) is 24.3 Å². The van der Waals surface area contributed by atoms with E-state index in [2.05, 4.69) is 21.2 Å². The molecule has 1 aliphatic heterocycles. The molecule has 0 aromatic heterocycles. The van der Waals surface area contributed by atoms with Crippen molar-refractivity contribution >= 4 is 31.9 Å². The monoisotopic (exact) mass is 480 g/mol. The van der Waals surface area contributed by atoms with E-state index in [1.165, 1.54) is 4.31 Å². The third-order valence-electron chi connectivity index (χ3n) is 4.95. The van der Waals surface area contributed by atoms with Crippen molar-refractivity contribution in [3.63, 3.8) is 0 Å². The first-order valence-corrected chi connectivity index (χ1v) is 11.8. The Morgan fingerprint density at radius 1 is 1.17 bits per heavy atom. The minimum absolute atomic E-state index is 0.0461. The second-order valence-corrected chi connectivity index (χ2v) is 9.94. The summed E-state index contributed by atoms with van der Waals surface area (Å²) in [6.45, 7) is 3.41. The van der Waals surface area contributed by atoms with Gasteiger partial charge in [0.25, 0.3) is 0 Å². The molecule has 0 bridgehead atoms. The van der Waals surface area contributed by atoms with Crippen LogP contribution in [0.25, 0.3) is 0 Å². The van der Waals surface area contributed by atoms with Crippen LogP contribution in [0.3, 0.4) is 0 Å². The van der Waals surface area contributed by atoms with Gasteiger partial charge in [-0.3, -0.25) is 4.79 Å². The fourth-order valence-electron chi connectivity index (χ4n) is 3.26. The molecule has 29 heavy (non-hydrogen) atoms. The maximum absolute atomic E-state index is 12.8. The summed E-state index contributed by atoms with van der Waals surface area (Å²) >= 11 is 3.39. The summed E-state index contributed by atoms with van der Waals surface area (Å²) in [7, 11) is -3.51. The summed E-state index contributed by atoms with van der Waals surface area (Å²) in [5, 5.41) is 2.89. The van der Waals surface area contributed by atoms with Crippen LogP contribution in [0.1, 0.15) is 18.4 Å². The molecule has 0 saturated carbocycles. The first-order chi connectivity index (χ1) is 13.9. The van der Waals surface area contributed by atoms with Crippen molar-refractivity contribution in [2.75, 3.05) is 26.2 Å². The highest BCUT2D eigenvalue weighted by Crippen LogP contribution is 2.24. The summed E-state index contributed by atoms with van der Waals surface area (Å²) < 4.78 is 33.5. The van der Waals surface area contributed by atoms with E-state index >= 15 is 0 Å². The first-order valence-electron chi connectivity index (χ1n) is 9.59. The number of nitrogens with one attached hydrogen (secondary N) is 1. The molecule has 2 aromatic rings. The summed E-state index contributed by atoms with van der Waals surface area (Å²) in [6, 6.07) is 14.4. The molecule has 156 valence electrons. The number of sulfonamides is 1. The topological polar surface area (TPSA) is 75.7 Å². The quantitative estimate of drug-likeness (QED) is 0.616. The molecule has 0 aliphatic carbocycles. The van der Waals surface area contributed by atoms with Crippen LogP contribution in [0.4, 0.5) is 0 Å². The number of ether oxygens (including phenoxy) is 1. The summed E-state index contributed by atoms with van der Waals surface area (Å²) in [5.74, 6) is 0.517. The Kier molecular flexibility index (Phi) is 7.32. The van der Waals surface area contributed by atoms with Gasteiger partial charge in [0, 0.05) is 23.5 Å². The smallest absolute Gasteiger partial charge is 0.243 e. The number of rotatable bonds is 7. The molecule has 2 aromatic carbocycles. The van der Waals surface area contributed by atoms with Gasteiger partial charge >= 0.3 is 0 Å². The van der Waals surface area contributed by atoms with E-state index in [0.717, 1.165) is 15.8 Å². The number of amides is 1. The number of piperidine rings is 1. The molecule has 1 N–H and O–H groups in total. The van der Waals surface area contributed by atoms with Gasteiger partial charge in [-0.25, -0.2) is 8.42 Å². The van der Waals surface area contributed by atoms with Crippen LogP contribution >= 0.6 is 15.9 Å². The Hall–Kier alpha value is -1.90. The molecule has 0 radical (unpaired) electrons. The zero-order chi connectivity index (χ0) is 20.9. The van der Waals surface area contributed by atoms with E-state index < -0.39 is 10.0 Å². The second kappa shape index (κ2) is 9.73. The molecule has 0 unspecified atom stereocenters. The molecule has 1 fully saturated rings. The van der Waals surface area contributed by atoms with Gasteiger partial charge < -0.3 is 10.1 Å². The van der Waals surface area contributed by atoms with Crippen LogP contribution in [-0.2, 0) is 14.8 Å². The van der Waals surface area contributed by atoms with Crippen LogP contribution in [0.15, 0.2) is 57.9 Å². The summed E-state index contributed by atoms with van der Waals surface area (Å²) in [6.07, 6.45) is 1.03. The molecular formula is C21H25BrN2O4S. The number of carbonyl (C=O) groups is 1. The highest BCUT2D eigenvalue weighted by molar-refractivity contribution is 9.10. The average Bonchev–Trinajstić information content (AvgIpc) is 2.71. The maximum Gasteiger partial charge on any atom is 0.243 e. The fraction of sp³-hybridized carbons (Fsp3) is 0.381. The molecule has 1 aliphatic rings. The minimum atomic E-state index is -3.51.